The summed E-state index contributed by atoms with van der Waals surface area (Å²) in [5.74, 6) is 0.105. The Labute approximate surface area is 217 Å². The number of carbonyl (C=O) groups excluding carboxylic acids is 1. The molecule has 0 aromatic heterocycles. The van der Waals surface area contributed by atoms with Crippen LogP contribution in [0.1, 0.15) is 57.6 Å². The Morgan fingerprint density at radius 2 is 1.94 bits per heavy atom. The number of piperazine rings is 1. The molecule has 1 unspecified atom stereocenters. The van der Waals surface area contributed by atoms with Gasteiger partial charge in [0.05, 0.1) is 5.71 Å². The minimum atomic E-state index is -0.181. The molecule has 5 nitrogen and oxygen atoms in total. The molecule has 0 spiro atoms. The van der Waals surface area contributed by atoms with Gasteiger partial charge in [-0.05, 0) is 69.9 Å². The van der Waals surface area contributed by atoms with E-state index < -0.39 is 0 Å². The molecule has 3 rings (SSSR count). The number of benzene rings is 1. The van der Waals surface area contributed by atoms with Gasteiger partial charge in [-0.2, -0.15) is 0 Å². The first-order chi connectivity index (χ1) is 17.2. The van der Waals surface area contributed by atoms with Crippen LogP contribution in [0, 0.1) is 12.7 Å². The van der Waals surface area contributed by atoms with E-state index in [4.69, 9.17) is 4.74 Å². The van der Waals surface area contributed by atoms with Gasteiger partial charge in [0.2, 0.25) is 5.91 Å². The van der Waals surface area contributed by atoms with Gasteiger partial charge in [0.25, 0.3) is 0 Å². The van der Waals surface area contributed by atoms with Crippen molar-refractivity contribution in [3.8, 4) is 0 Å². The maximum atomic E-state index is 13.3. The second-order valence-corrected chi connectivity index (χ2v) is 9.73. The van der Waals surface area contributed by atoms with Crippen molar-refractivity contribution in [3.05, 3.63) is 71.1 Å². The molecule has 0 radical (unpaired) electrons. The third-order valence-electron chi connectivity index (χ3n) is 6.89. The van der Waals surface area contributed by atoms with Crippen LogP contribution in [0.5, 0.6) is 0 Å². The van der Waals surface area contributed by atoms with E-state index in [2.05, 4.69) is 54.1 Å². The summed E-state index contributed by atoms with van der Waals surface area (Å²) in [6.45, 7) is 12.5. The minimum Gasteiger partial charge on any atom is -0.385 e. The highest BCUT2D eigenvalue weighted by Gasteiger charge is 2.32. The van der Waals surface area contributed by atoms with E-state index in [-0.39, 0.29) is 17.3 Å². The topological polar surface area (TPSA) is 45.1 Å². The zero-order valence-electron chi connectivity index (χ0n) is 23.0. The molecule has 1 atom stereocenters. The van der Waals surface area contributed by atoms with E-state index >= 15 is 0 Å². The van der Waals surface area contributed by atoms with Gasteiger partial charge < -0.3 is 9.64 Å². The lowest BCUT2D eigenvalue weighted by atomic mass is 9.91. The predicted molar refractivity (Wildman–Crippen MR) is 148 cm³/mol. The SMILES string of the molecule is CCC(=O)N1CCN(C2(C)C=CC=CC2)CC1.CN=C(/C=C(\C)CCCOC)c1ccc(F)c(C)c1. The standard InChI is InChI=1S/C16H22FNO.C14H22N2O/c1-12(6-5-9-19-4)10-16(18-3)14-7-8-15(17)13(2)11-14;1-3-13(17)15-9-11-16(12-10-15)14(2)7-5-4-6-8-14/h7-8,10-11H,5-6,9H2,1-4H3;4-7H,3,8-12H2,1-2H3/b12-10+,18-16?;. The Bertz CT molecular complexity index is 974. The molecule has 0 saturated carbocycles. The molecule has 2 aliphatic rings. The fourth-order valence-electron chi connectivity index (χ4n) is 4.52. The van der Waals surface area contributed by atoms with Crippen LogP contribution in [0.15, 0.2) is 59.1 Å². The molecule has 36 heavy (non-hydrogen) atoms. The summed E-state index contributed by atoms with van der Waals surface area (Å²) in [5.41, 5.74) is 3.88. The molecule has 1 aromatic rings. The van der Waals surface area contributed by atoms with E-state index in [1.807, 2.05) is 17.9 Å². The number of rotatable bonds is 8. The van der Waals surface area contributed by atoms with E-state index in [0.29, 0.717) is 12.0 Å². The number of hydrogen-bond acceptors (Lipinski definition) is 4. The van der Waals surface area contributed by atoms with Crippen LogP contribution in [-0.4, -0.2) is 73.9 Å². The zero-order chi connectivity index (χ0) is 26.6. The first-order valence-electron chi connectivity index (χ1n) is 13.0. The average Bonchev–Trinajstić information content (AvgIpc) is 2.89. The number of ether oxygens (including phenoxy) is 1. The molecule has 1 saturated heterocycles. The van der Waals surface area contributed by atoms with Gasteiger partial charge >= 0.3 is 0 Å². The summed E-state index contributed by atoms with van der Waals surface area (Å²) in [5, 5.41) is 0. The molecule has 1 fully saturated rings. The van der Waals surface area contributed by atoms with E-state index in [9.17, 15) is 9.18 Å². The quantitative estimate of drug-likeness (QED) is 0.340. The van der Waals surface area contributed by atoms with Crippen LogP contribution < -0.4 is 0 Å². The van der Waals surface area contributed by atoms with Crippen LogP contribution in [-0.2, 0) is 9.53 Å². The van der Waals surface area contributed by atoms with Crippen LogP contribution in [0.4, 0.5) is 4.39 Å². The second-order valence-electron chi connectivity index (χ2n) is 9.73. The van der Waals surface area contributed by atoms with Crippen molar-refractivity contribution < 1.29 is 13.9 Å². The van der Waals surface area contributed by atoms with Gasteiger partial charge in [-0.15, -0.1) is 0 Å². The van der Waals surface area contributed by atoms with E-state index in [1.165, 1.54) is 11.6 Å². The van der Waals surface area contributed by atoms with Crippen LogP contribution in [0.3, 0.4) is 0 Å². The largest absolute Gasteiger partial charge is 0.385 e. The number of halogens is 1. The normalized spacial score (nSPS) is 20.8. The average molecular weight is 498 g/mol. The summed E-state index contributed by atoms with van der Waals surface area (Å²) in [6, 6.07) is 5.09. The molecular formula is C30H44FN3O2. The molecule has 1 aliphatic heterocycles. The number of amides is 1. The van der Waals surface area contributed by atoms with Crippen molar-refractivity contribution in [1.82, 2.24) is 9.80 Å². The van der Waals surface area contributed by atoms with Gasteiger partial charge in [0, 0.05) is 64.5 Å². The first-order valence-corrected chi connectivity index (χ1v) is 13.0. The van der Waals surface area contributed by atoms with Crippen molar-refractivity contribution in [2.75, 3.05) is 46.9 Å². The molecule has 0 N–H and O–H groups in total. The smallest absolute Gasteiger partial charge is 0.222 e. The molecule has 1 aromatic carbocycles. The summed E-state index contributed by atoms with van der Waals surface area (Å²) in [7, 11) is 3.46. The number of allylic oxidation sites excluding steroid dienone is 4. The highest BCUT2D eigenvalue weighted by molar-refractivity contribution is 6.09. The number of aryl methyl sites for hydroxylation is 1. The number of methoxy groups -OCH3 is 1. The van der Waals surface area contributed by atoms with Crippen LogP contribution in [0.2, 0.25) is 0 Å². The molecule has 1 amide bonds. The highest BCUT2D eigenvalue weighted by atomic mass is 19.1. The number of aliphatic imine (C=N–C) groups is 1. The number of carbonyl (C=O) groups is 1. The van der Waals surface area contributed by atoms with Crippen molar-refractivity contribution >= 4 is 11.6 Å². The first kappa shape index (κ1) is 29.7. The Balaban J connectivity index is 0.000000255. The summed E-state index contributed by atoms with van der Waals surface area (Å²) in [6.07, 6.45) is 14.5. The Hall–Kier alpha value is -2.57. The lowest BCUT2D eigenvalue weighted by Crippen LogP contribution is -2.56. The predicted octanol–water partition coefficient (Wildman–Crippen LogP) is 5.74. The third kappa shape index (κ3) is 8.82. The monoisotopic (exact) mass is 497 g/mol. The van der Waals surface area contributed by atoms with E-state index in [1.54, 1.807) is 27.1 Å². The lowest BCUT2D eigenvalue weighted by molar-refractivity contribution is -0.133. The summed E-state index contributed by atoms with van der Waals surface area (Å²) in [4.78, 5) is 20.4. The summed E-state index contributed by atoms with van der Waals surface area (Å²) >= 11 is 0. The van der Waals surface area contributed by atoms with Crippen molar-refractivity contribution in [3.63, 3.8) is 0 Å². The van der Waals surface area contributed by atoms with E-state index in [0.717, 1.165) is 63.3 Å². The Kier molecular flexibility index (Phi) is 12.2. The Morgan fingerprint density at radius 3 is 2.50 bits per heavy atom. The maximum Gasteiger partial charge on any atom is 0.222 e. The second kappa shape index (κ2) is 14.9. The fraction of sp³-hybridized carbons (Fsp3) is 0.533. The number of hydrogen-bond donors (Lipinski definition) is 0. The highest BCUT2D eigenvalue weighted by Crippen LogP contribution is 2.26. The van der Waals surface area contributed by atoms with Crippen molar-refractivity contribution in [2.24, 2.45) is 4.99 Å². The molecule has 1 aliphatic carbocycles. The molecule has 0 bridgehead atoms. The van der Waals surface area contributed by atoms with Crippen molar-refractivity contribution in [1.29, 1.82) is 0 Å². The van der Waals surface area contributed by atoms with Gasteiger partial charge in [-0.1, -0.05) is 36.8 Å². The van der Waals surface area contributed by atoms with Crippen LogP contribution in [0.25, 0.3) is 0 Å². The van der Waals surface area contributed by atoms with Gasteiger partial charge in [0.15, 0.2) is 0 Å². The van der Waals surface area contributed by atoms with Gasteiger partial charge in [-0.3, -0.25) is 14.7 Å². The van der Waals surface area contributed by atoms with Crippen molar-refractivity contribution in [2.45, 2.75) is 58.9 Å². The van der Waals surface area contributed by atoms with Crippen LogP contribution >= 0.6 is 0 Å². The zero-order valence-corrected chi connectivity index (χ0v) is 23.0. The number of nitrogens with zero attached hydrogens (tertiary/aromatic N) is 3. The molecule has 6 heteroatoms. The maximum absolute atomic E-state index is 13.3. The molecular weight excluding hydrogens is 453 g/mol. The van der Waals surface area contributed by atoms with Gasteiger partial charge in [0.1, 0.15) is 5.82 Å². The Morgan fingerprint density at radius 1 is 1.22 bits per heavy atom. The molecule has 198 valence electrons. The lowest BCUT2D eigenvalue weighted by Gasteiger charge is -2.44. The molecule has 1 heterocycles. The summed E-state index contributed by atoms with van der Waals surface area (Å²) < 4.78 is 18.3. The fourth-order valence-corrected chi connectivity index (χ4v) is 4.52. The third-order valence-corrected chi connectivity index (χ3v) is 6.89. The van der Waals surface area contributed by atoms with Gasteiger partial charge in [-0.25, -0.2) is 4.39 Å². The minimum absolute atomic E-state index is 0.149.